The normalized spacial score (nSPS) is 16.0. The Balaban J connectivity index is 4.68. The summed E-state index contributed by atoms with van der Waals surface area (Å²) in [5, 5.41) is 17.8. The highest BCUT2D eigenvalue weighted by Crippen LogP contribution is 2.37. The van der Waals surface area contributed by atoms with Crippen LogP contribution >= 0.6 is 23.5 Å². The van der Waals surface area contributed by atoms with Gasteiger partial charge in [0.05, 0.1) is 12.1 Å². The fourth-order valence-corrected chi connectivity index (χ4v) is 3.40. The van der Waals surface area contributed by atoms with E-state index in [1.165, 1.54) is 0 Å². The minimum absolute atomic E-state index is 0.00788. The summed E-state index contributed by atoms with van der Waals surface area (Å²) in [6.07, 6.45) is 0. The third kappa shape index (κ3) is 7.04. The van der Waals surface area contributed by atoms with Gasteiger partial charge in [0.15, 0.2) is 0 Å². The molecule has 90 valence electrons. The first kappa shape index (κ1) is 15.7. The Kier molecular flexibility index (Phi) is 5.73. The zero-order valence-corrected chi connectivity index (χ0v) is 12.5. The summed E-state index contributed by atoms with van der Waals surface area (Å²) < 4.78 is 0.0158. The van der Waals surface area contributed by atoms with E-state index < -0.39 is 0 Å². The molecule has 0 N–H and O–H groups in total. The van der Waals surface area contributed by atoms with Crippen molar-refractivity contribution in [3.05, 3.63) is 0 Å². The molecule has 0 bridgehead atoms. The maximum Gasteiger partial charge on any atom is 0.117 e. The molecule has 0 saturated carbocycles. The Labute approximate surface area is 108 Å². The largest absolute Gasteiger partial charge is 0.197 e. The van der Waals surface area contributed by atoms with Crippen LogP contribution in [0.5, 0.6) is 0 Å². The SMILES string of the molecule is CC(C)(C)S[C@@H](C#N)[C@H](C#N)SC(C)(C)C. The zero-order valence-electron chi connectivity index (χ0n) is 10.9. The molecule has 0 radical (unpaired) electrons. The number of thioether (sulfide) groups is 2. The molecule has 0 aromatic carbocycles. The Morgan fingerprint density at radius 3 is 1.12 bits per heavy atom. The van der Waals surface area contributed by atoms with Gasteiger partial charge in [-0.15, -0.1) is 23.5 Å². The van der Waals surface area contributed by atoms with Gasteiger partial charge in [0, 0.05) is 9.49 Å². The summed E-state index contributed by atoms with van der Waals surface area (Å²) in [4.78, 5) is 0. The predicted octanol–water partition coefficient (Wildman–Crippen LogP) is 3.83. The lowest BCUT2D eigenvalue weighted by atomic mass is 10.2. The average Bonchev–Trinajstić information content (AvgIpc) is 2.07. The van der Waals surface area contributed by atoms with Crippen LogP contribution in [-0.2, 0) is 0 Å². The molecule has 4 heteroatoms. The quantitative estimate of drug-likeness (QED) is 0.770. The summed E-state index contributed by atoms with van der Waals surface area (Å²) in [7, 11) is 0. The molecule has 0 aromatic rings. The lowest BCUT2D eigenvalue weighted by Crippen LogP contribution is -2.27. The highest BCUT2D eigenvalue weighted by atomic mass is 32.2. The van der Waals surface area contributed by atoms with Crippen LogP contribution in [0.1, 0.15) is 41.5 Å². The van der Waals surface area contributed by atoms with Crippen LogP contribution in [0.25, 0.3) is 0 Å². The molecule has 2 nitrogen and oxygen atoms in total. The molecule has 0 rings (SSSR count). The molecule has 0 aromatic heterocycles. The maximum absolute atomic E-state index is 9.15. The monoisotopic (exact) mass is 256 g/mol. The summed E-state index contributed by atoms with van der Waals surface area (Å²) in [5.41, 5.74) is 0. The fraction of sp³-hybridized carbons (Fsp3) is 0.833. The third-order valence-electron chi connectivity index (χ3n) is 1.49. The first-order valence-corrected chi connectivity index (χ1v) is 7.00. The van der Waals surface area contributed by atoms with Gasteiger partial charge in [-0.3, -0.25) is 0 Å². The molecule has 0 aliphatic carbocycles. The van der Waals surface area contributed by atoms with Gasteiger partial charge >= 0.3 is 0 Å². The van der Waals surface area contributed by atoms with Crippen molar-refractivity contribution in [2.24, 2.45) is 0 Å². The standard InChI is InChI=1S/C12H20N2S2/c1-11(2,3)15-9(7-13)10(8-14)16-12(4,5)6/h9-10H,1-6H3/t9-,10-/m0/s1. The smallest absolute Gasteiger partial charge is 0.117 e. The molecule has 2 atom stereocenters. The summed E-state index contributed by atoms with van der Waals surface area (Å²) in [5.74, 6) is 0. The van der Waals surface area contributed by atoms with E-state index in [0.29, 0.717) is 0 Å². The molecule has 0 saturated heterocycles. The second-order valence-electron chi connectivity index (χ2n) is 5.56. The van der Waals surface area contributed by atoms with Gasteiger partial charge in [-0.2, -0.15) is 10.5 Å². The van der Waals surface area contributed by atoms with Gasteiger partial charge in [0.25, 0.3) is 0 Å². The van der Waals surface area contributed by atoms with Crippen molar-refractivity contribution in [3.8, 4) is 12.1 Å². The molecule has 16 heavy (non-hydrogen) atoms. The van der Waals surface area contributed by atoms with E-state index >= 15 is 0 Å². The van der Waals surface area contributed by atoms with Gasteiger partial charge in [-0.1, -0.05) is 41.5 Å². The second-order valence-corrected chi connectivity index (χ2v) is 9.50. The van der Waals surface area contributed by atoms with Gasteiger partial charge in [-0.25, -0.2) is 0 Å². The third-order valence-corrected chi connectivity index (χ3v) is 4.34. The van der Waals surface area contributed by atoms with E-state index in [-0.39, 0.29) is 20.0 Å². The molecule has 0 spiro atoms. The van der Waals surface area contributed by atoms with Crippen molar-refractivity contribution in [2.75, 3.05) is 0 Å². The number of rotatable bonds is 3. The molecule has 0 heterocycles. The summed E-state index contributed by atoms with van der Waals surface area (Å²) in [6.45, 7) is 12.4. The lowest BCUT2D eigenvalue weighted by molar-refractivity contribution is 0.787. The maximum atomic E-state index is 9.15. The van der Waals surface area contributed by atoms with E-state index in [2.05, 4.69) is 53.7 Å². The molecule has 0 fully saturated rings. The Morgan fingerprint density at radius 2 is 1.00 bits per heavy atom. The minimum atomic E-state index is -0.269. The highest BCUT2D eigenvalue weighted by Gasteiger charge is 2.30. The van der Waals surface area contributed by atoms with Crippen LogP contribution in [0, 0.1) is 22.7 Å². The Bertz CT molecular complexity index is 267. The van der Waals surface area contributed by atoms with Crippen molar-refractivity contribution >= 4 is 23.5 Å². The van der Waals surface area contributed by atoms with Crippen molar-refractivity contribution in [3.63, 3.8) is 0 Å². The van der Waals surface area contributed by atoms with Crippen molar-refractivity contribution < 1.29 is 0 Å². The first-order chi connectivity index (χ1) is 7.09. The molecule has 0 aliphatic heterocycles. The molecular weight excluding hydrogens is 236 g/mol. The van der Waals surface area contributed by atoms with Crippen LogP contribution in [0.3, 0.4) is 0 Å². The van der Waals surface area contributed by atoms with Crippen molar-refractivity contribution in [1.29, 1.82) is 10.5 Å². The fourth-order valence-electron chi connectivity index (χ4n) is 1.07. The number of nitrogens with zero attached hydrogens (tertiary/aromatic N) is 2. The first-order valence-electron chi connectivity index (χ1n) is 5.24. The topological polar surface area (TPSA) is 47.6 Å². The van der Waals surface area contributed by atoms with E-state index in [9.17, 15) is 0 Å². The molecular formula is C12H20N2S2. The van der Waals surface area contributed by atoms with Crippen LogP contribution in [0.4, 0.5) is 0 Å². The zero-order chi connectivity index (χ0) is 13.0. The number of nitriles is 2. The minimum Gasteiger partial charge on any atom is -0.197 e. The van der Waals surface area contributed by atoms with Gasteiger partial charge < -0.3 is 0 Å². The average molecular weight is 256 g/mol. The predicted molar refractivity (Wildman–Crippen MR) is 73.5 cm³/mol. The van der Waals surface area contributed by atoms with Gasteiger partial charge in [0.2, 0.25) is 0 Å². The Morgan fingerprint density at radius 1 is 0.750 bits per heavy atom. The number of hydrogen-bond donors (Lipinski definition) is 0. The second kappa shape index (κ2) is 5.84. The van der Waals surface area contributed by atoms with Crippen LogP contribution in [0.2, 0.25) is 0 Å². The summed E-state index contributed by atoms with van der Waals surface area (Å²) in [6, 6.07) is 4.50. The molecule has 0 unspecified atom stereocenters. The van der Waals surface area contributed by atoms with E-state index in [1.54, 1.807) is 23.5 Å². The van der Waals surface area contributed by atoms with Gasteiger partial charge in [-0.05, 0) is 0 Å². The van der Waals surface area contributed by atoms with Crippen LogP contribution in [-0.4, -0.2) is 20.0 Å². The van der Waals surface area contributed by atoms with Gasteiger partial charge in [0.1, 0.15) is 10.5 Å². The lowest BCUT2D eigenvalue weighted by Gasteiger charge is -2.27. The van der Waals surface area contributed by atoms with E-state index in [0.717, 1.165) is 0 Å². The molecule has 0 amide bonds. The van der Waals surface area contributed by atoms with E-state index in [4.69, 9.17) is 10.5 Å². The summed E-state index contributed by atoms with van der Waals surface area (Å²) >= 11 is 3.14. The van der Waals surface area contributed by atoms with Crippen molar-refractivity contribution in [2.45, 2.75) is 61.5 Å². The van der Waals surface area contributed by atoms with Crippen LogP contribution in [0.15, 0.2) is 0 Å². The van der Waals surface area contributed by atoms with Crippen LogP contribution < -0.4 is 0 Å². The number of hydrogen-bond acceptors (Lipinski definition) is 4. The highest BCUT2D eigenvalue weighted by molar-refractivity contribution is 8.05. The van der Waals surface area contributed by atoms with Crippen molar-refractivity contribution in [1.82, 2.24) is 0 Å². The van der Waals surface area contributed by atoms with E-state index in [1.807, 2.05) is 0 Å². The molecule has 0 aliphatic rings. The Hall–Kier alpha value is -0.320.